The van der Waals surface area contributed by atoms with E-state index in [1.807, 2.05) is 18.2 Å². The van der Waals surface area contributed by atoms with Crippen molar-refractivity contribution in [1.82, 2.24) is 4.98 Å². The van der Waals surface area contributed by atoms with Gasteiger partial charge in [0, 0.05) is 0 Å². The van der Waals surface area contributed by atoms with Gasteiger partial charge >= 0.3 is 0 Å². The summed E-state index contributed by atoms with van der Waals surface area (Å²) in [7, 11) is 0. The van der Waals surface area contributed by atoms with Crippen LogP contribution in [0.25, 0.3) is 10.2 Å². The largest absolute Gasteiger partial charge is 0.486 e. The SMILES string of the molecule is Cc1cccc(C)c1OCc1nc2ccccc2s1. The summed E-state index contributed by atoms with van der Waals surface area (Å²) in [5.74, 6) is 0.974. The van der Waals surface area contributed by atoms with Crippen molar-refractivity contribution in [3.05, 3.63) is 58.6 Å². The van der Waals surface area contributed by atoms with Gasteiger partial charge in [-0.2, -0.15) is 0 Å². The van der Waals surface area contributed by atoms with Gasteiger partial charge in [-0.25, -0.2) is 4.98 Å². The summed E-state index contributed by atoms with van der Waals surface area (Å²) in [6, 6.07) is 14.4. The Hall–Kier alpha value is -1.87. The maximum Gasteiger partial charge on any atom is 0.140 e. The number of thiazole rings is 1. The van der Waals surface area contributed by atoms with Gasteiger partial charge in [-0.15, -0.1) is 11.3 Å². The molecule has 0 atom stereocenters. The Morgan fingerprint density at radius 2 is 1.74 bits per heavy atom. The van der Waals surface area contributed by atoms with Gasteiger partial charge in [-0.1, -0.05) is 30.3 Å². The fourth-order valence-corrected chi connectivity index (χ4v) is 3.02. The van der Waals surface area contributed by atoms with Gasteiger partial charge in [0.05, 0.1) is 10.2 Å². The maximum absolute atomic E-state index is 5.93. The highest BCUT2D eigenvalue weighted by atomic mass is 32.1. The van der Waals surface area contributed by atoms with Crippen LogP contribution in [0.3, 0.4) is 0 Å². The zero-order valence-corrected chi connectivity index (χ0v) is 11.8. The fraction of sp³-hybridized carbons (Fsp3) is 0.188. The van der Waals surface area contributed by atoms with Crippen molar-refractivity contribution in [3.8, 4) is 5.75 Å². The molecule has 0 fully saturated rings. The van der Waals surface area contributed by atoms with E-state index < -0.39 is 0 Å². The third kappa shape index (κ3) is 2.47. The van der Waals surface area contributed by atoms with Crippen molar-refractivity contribution in [2.24, 2.45) is 0 Å². The minimum Gasteiger partial charge on any atom is -0.486 e. The van der Waals surface area contributed by atoms with Crippen LogP contribution in [0.4, 0.5) is 0 Å². The molecule has 0 bridgehead atoms. The summed E-state index contributed by atoms with van der Waals surface area (Å²) < 4.78 is 7.14. The molecule has 0 saturated heterocycles. The van der Waals surface area contributed by atoms with Crippen molar-refractivity contribution < 1.29 is 4.74 Å². The molecule has 2 nitrogen and oxygen atoms in total. The molecule has 0 aliphatic carbocycles. The molecule has 0 N–H and O–H groups in total. The molecule has 0 aliphatic heterocycles. The molecule has 1 heterocycles. The number of hydrogen-bond acceptors (Lipinski definition) is 3. The van der Waals surface area contributed by atoms with Crippen molar-refractivity contribution in [3.63, 3.8) is 0 Å². The van der Waals surface area contributed by atoms with Crippen molar-refractivity contribution in [1.29, 1.82) is 0 Å². The van der Waals surface area contributed by atoms with Crippen LogP contribution in [-0.4, -0.2) is 4.98 Å². The lowest BCUT2D eigenvalue weighted by Crippen LogP contribution is -1.98. The van der Waals surface area contributed by atoms with E-state index in [0.29, 0.717) is 6.61 Å². The van der Waals surface area contributed by atoms with E-state index in [9.17, 15) is 0 Å². The van der Waals surface area contributed by atoms with Crippen LogP contribution in [0.15, 0.2) is 42.5 Å². The maximum atomic E-state index is 5.93. The average Bonchev–Trinajstić information content (AvgIpc) is 2.81. The number of nitrogens with zero attached hydrogens (tertiary/aromatic N) is 1. The highest BCUT2D eigenvalue weighted by Crippen LogP contribution is 2.26. The molecule has 1 aromatic heterocycles. The van der Waals surface area contributed by atoms with Crippen LogP contribution >= 0.6 is 11.3 Å². The number of aryl methyl sites for hydroxylation is 2. The normalized spacial score (nSPS) is 10.8. The molecule has 19 heavy (non-hydrogen) atoms. The number of rotatable bonds is 3. The zero-order chi connectivity index (χ0) is 13.2. The lowest BCUT2D eigenvalue weighted by atomic mass is 10.1. The Bertz CT molecular complexity index is 664. The Morgan fingerprint density at radius 3 is 2.47 bits per heavy atom. The second-order valence-corrected chi connectivity index (χ2v) is 5.70. The van der Waals surface area contributed by atoms with Crippen LogP contribution in [0.5, 0.6) is 5.75 Å². The van der Waals surface area contributed by atoms with Crippen molar-refractivity contribution >= 4 is 21.6 Å². The van der Waals surface area contributed by atoms with E-state index in [1.165, 1.54) is 15.8 Å². The molecule has 3 rings (SSSR count). The summed E-state index contributed by atoms with van der Waals surface area (Å²) in [4.78, 5) is 4.58. The summed E-state index contributed by atoms with van der Waals surface area (Å²) >= 11 is 1.69. The van der Waals surface area contributed by atoms with E-state index in [-0.39, 0.29) is 0 Å². The molecule has 0 amide bonds. The first kappa shape index (κ1) is 12.2. The number of para-hydroxylation sites is 2. The van der Waals surface area contributed by atoms with E-state index in [2.05, 4.69) is 43.1 Å². The standard InChI is InChI=1S/C16H15NOS/c1-11-6-5-7-12(2)16(11)18-10-15-17-13-8-3-4-9-14(13)19-15/h3-9H,10H2,1-2H3. The van der Waals surface area contributed by atoms with Gasteiger partial charge in [0.15, 0.2) is 0 Å². The van der Waals surface area contributed by atoms with Gasteiger partial charge in [0.1, 0.15) is 17.4 Å². The monoisotopic (exact) mass is 269 g/mol. The first-order chi connectivity index (χ1) is 9.24. The Balaban J connectivity index is 1.82. The molecule has 2 aromatic carbocycles. The molecule has 0 unspecified atom stereocenters. The third-order valence-corrected chi connectivity index (χ3v) is 4.10. The predicted molar refractivity (Wildman–Crippen MR) is 79.9 cm³/mol. The highest BCUT2D eigenvalue weighted by Gasteiger charge is 2.07. The first-order valence-corrected chi connectivity index (χ1v) is 7.09. The average molecular weight is 269 g/mol. The molecule has 0 saturated carbocycles. The van der Waals surface area contributed by atoms with Crippen LogP contribution < -0.4 is 4.74 Å². The van der Waals surface area contributed by atoms with Crippen LogP contribution in [0.2, 0.25) is 0 Å². The van der Waals surface area contributed by atoms with Gasteiger partial charge in [0.2, 0.25) is 0 Å². The van der Waals surface area contributed by atoms with Crippen LogP contribution in [0, 0.1) is 13.8 Å². The van der Waals surface area contributed by atoms with E-state index >= 15 is 0 Å². The number of aromatic nitrogens is 1. The van der Waals surface area contributed by atoms with Gasteiger partial charge in [-0.3, -0.25) is 0 Å². The molecule has 96 valence electrons. The molecule has 3 heteroatoms. The van der Waals surface area contributed by atoms with Crippen LogP contribution in [-0.2, 0) is 6.61 Å². The molecule has 0 radical (unpaired) electrons. The predicted octanol–water partition coefficient (Wildman–Crippen LogP) is 4.49. The van der Waals surface area contributed by atoms with E-state index in [1.54, 1.807) is 11.3 Å². The van der Waals surface area contributed by atoms with E-state index in [4.69, 9.17) is 4.74 Å². The van der Waals surface area contributed by atoms with Crippen molar-refractivity contribution in [2.45, 2.75) is 20.5 Å². The number of ether oxygens (including phenoxy) is 1. The lowest BCUT2D eigenvalue weighted by molar-refractivity contribution is 0.301. The lowest BCUT2D eigenvalue weighted by Gasteiger charge is -2.10. The zero-order valence-electron chi connectivity index (χ0n) is 11.0. The molecular weight excluding hydrogens is 254 g/mol. The minimum absolute atomic E-state index is 0.533. The molecule has 3 aromatic rings. The number of fused-ring (bicyclic) bond motifs is 1. The summed E-state index contributed by atoms with van der Waals surface area (Å²) in [6.45, 7) is 4.67. The smallest absolute Gasteiger partial charge is 0.140 e. The second kappa shape index (κ2) is 5.02. The summed E-state index contributed by atoms with van der Waals surface area (Å²) in [5, 5.41) is 1.02. The summed E-state index contributed by atoms with van der Waals surface area (Å²) in [5.41, 5.74) is 3.38. The van der Waals surface area contributed by atoms with Crippen LogP contribution in [0.1, 0.15) is 16.1 Å². The molecule has 0 aliphatic rings. The topological polar surface area (TPSA) is 22.1 Å². The molecule has 0 spiro atoms. The van der Waals surface area contributed by atoms with E-state index in [0.717, 1.165) is 16.3 Å². The number of hydrogen-bond donors (Lipinski definition) is 0. The molecular formula is C16H15NOS. The Kier molecular flexibility index (Phi) is 3.22. The second-order valence-electron chi connectivity index (χ2n) is 4.58. The minimum atomic E-state index is 0.533. The highest BCUT2D eigenvalue weighted by molar-refractivity contribution is 7.18. The Labute approximate surface area is 116 Å². The van der Waals surface area contributed by atoms with Crippen molar-refractivity contribution in [2.75, 3.05) is 0 Å². The third-order valence-electron chi connectivity index (χ3n) is 3.09. The Morgan fingerprint density at radius 1 is 1.00 bits per heavy atom. The van der Waals surface area contributed by atoms with Gasteiger partial charge < -0.3 is 4.74 Å². The number of benzene rings is 2. The van der Waals surface area contributed by atoms with Gasteiger partial charge in [0.25, 0.3) is 0 Å². The first-order valence-electron chi connectivity index (χ1n) is 6.27. The fourth-order valence-electron chi connectivity index (χ4n) is 2.14. The summed E-state index contributed by atoms with van der Waals surface area (Å²) in [6.07, 6.45) is 0. The quantitative estimate of drug-likeness (QED) is 0.698. The van der Waals surface area contributed by atoms with Gasteiger partial charge in [-0.05, 0) is 37.1 Å².